The molecule has 2 aromatic carbocycles. The van der Waals surface area contributed by atoms with Gasteiger partial charge in [-0.1, -0.05) is 31.0 Å². The molecule has 1 saturated carbocycles. The minimum absolute atomic E-state index is 0.0700. The minimum atomic E-state index is -3.51. The molecular weight excluding hydrogens is 336 g/mol. The molecule has 0 heterocycles. The molecular formula is C19H24N2O3S. The fraction of sp³-hybridized carbons (Fsp3) is 0.368. The number of benzene rings is 2. The van der Waals surface area contributed by atoms with Gasteiger partial charge in [-0.05, 0) is 49.2 Å². The number of nitrogens with one attached hydrogen (secondary N) is 2. The predicted molar refractivity (Wildman–Crippen MR) is 99.4 cm³/mol. The summed E-state index contributed by atoms with van der Waals surface area (Å²) < 4.78 is 33.3. The second-order valence-corrected chi connectivity index (χ2v) is 8.02. The number of sulfonamides is 1. The Kier molecular flexibility index (Phi) is 5.60. The zero-order valence-electron chi connectivity index (χ0n) is 14.3. The summed E-state index contributed by atoms with van der Waals surface area (Å²) >= 11 is 0. The summed E-state index contributed by atoms with van der Waals surface area (Å²) in [4.78, 5) is 0.309. The van der Waals surface area contributed by atoms with E-state index in [1.54, 1.807) is 31.4 Å². The first-order valence-corrected chi connectivity index (χ1v) is 10.0. The first-order valence-electron chi connectivity index (χ1n) is 8.56. The van der Waals surface area contributed by atoms with Crippen LogP contribution in [0.25, 0.3) is 0 Å². The second-order valence-electron chi connectivity index (χ2n) is 6.30. The van der Waals surface area contributed by atoms with Gasteiger partial charge in [-0.3, -0.25) is 0 Å². The van der Waals surface area contributed by atoms with E-state index in [2.05, 4.69) is 10.0 Å². The highest BCUT2D eigenvalue weighted by atomic mass is 32.2. The van der Waals surface area contributed by atoms with Gasteiger partial charge in [0.25, 0.3) is 0 Å². The van der Waals surface area contributed by atoms with Crippen molar-refractivity contribution in [1.82, 2.24) is 4.72 Å². The normalized spacial score (nSPS) is 20.8. The molecule has 134 valence electrons. The summed E-state index contributed by atoms with van der Waals surface area (Å²) in [5.74, 6) is 0.801. The first-order chi connectivity index (χ1) is 12.1. The maximum absolute atomic E-state index is 12.6. The summed E-state index contributed by atoms with van der Waals surface area (Å²) in [6.45, 7) is 0. The van der Waals surface area contributed by atoms with Crippen LogP contribution in [0.1, 0.15) is 25.7 Å². The van der Waals surface area contributed by atoms with Gasteiger partial charge in [-0.25, -0.2) is 13.1 Å². The maximum Gasteiger partial charge on any atom is 0.240 e. The van der Waals surface area contributed by atoms with Crippen LogP contribution in [0.4, 0.5) is 5.69 Å². The van der Waals surface area contributed by atoms with Crippen molar-refractivity contribution in [2.24, 2.45) is 0 Å². The van der Waals surface area contributed by atoms with Gasteiger partial charge >= 0.3 is 0 Å². The van der Waals surface area contributed by atoms with Gasteiger partial charge in [0.2, 0.25) is 10.0 Å². The van der Waals surface area contributed by atoms with Crippen LogP contribution in [0.2, 0.25) is 0 Å². The van der Waals surface area contributed by atoms with Crippen molar-refractivity contribution >= 4 is 15.7 Å². The Morgan fingerprint density at radius 1 is 0.920 bits per heavy atom. The molecule has 1 aliphatic rings. The van der Waals surface area contributed by atoms with Crippen molar-refractivity contribution < 1.29 is 13.2 Å². The van der Waals surface area contributed by atoms with Gasteiger partial charge in [-0.15, -0.1) is 0 Å². The van der Waals surface area contributed by atoms with Gasteiger partial charge in [0.05, 0.1) is 12.0 Å². The third-order valence-corrected chi connectivity index (χ3v) is 6.07. The Balaban J connectivity index is 1.72. The highest BCUT2D eigenvalue weighted by molar-refractivity contribution is 7.89. The molecule has 2 N–H and O–H groups in total. The number of ether oxygens (including phenoxy) is 1. The Hall–Kier alpha value is -2.05. The van der Waals surface area contributed by atoms with Gasteiger partial charge in [0.15, 0.2) is 0 Å². The molecule has 0 aliphatic heterocycles. The monoisotopic (exact) mass is 360 g/mol. The summed E-state index contributed by atoms with van der Waals surface area (Å²) in [5.41, 5.74) is 0.969. The largest absolute Gasteiger partial charge is 0.497 e. The molecule has 0 amide bonds. The maximum atomic E-state index is 12.6. The Morgan fingerprint density at radius 3 is 2.20 bits per heavy atom. The fourth-order valence-electron chi connectivity index (χ4n) is 3.21. The molecule has 0 bridgehead atoms. The van der Waals surface area contributed by atoms with E-state index in [9.17, 15) is 8.42 Å². The molecule has 0 spiro atoms. The minimum Gasteiger partial charge on any atom is -0.497 e. The molecule has 1 aliphatic carbocycles. The van der Waals surface area contributed by atoms with Crippen molar-refractivity contribution in [2.75, 3.05) is 12.4 Å². The lowest BCUT2D eigenvalue weighted by Gasteiger charge is -2.33. The lowest BCUT2D eigenvalue weighted by atomic mass is 9.91. The summed E-state index contributed by atoms with van der Waals surface area (Å²) in [6, 6.07) is 16.2. The summed E-state index contributed by atoms with van der Waals surface area (Å²) in [5, 5.41) is 3.47. The lowest BCUT2D eigenvalue weighted by Crippen LogP contribution is -2.48. The Labute approximate surface area is 149 Å². The van der Waals surface area contributed by atoms with Gasteiger partial charge in [-0.2, -0.15) is 0 Å². The van der Waals surface area contributed by atoms with E-state index in [4.69, 9.17) is 4.74 Å². The number of hydrogen-bond acceptors (Lipinski definition) is 4. The highest BCUT2D eigenvalue weighted by Crippen LogP contribution is 2.25. The van der Waals surface area contributed by atoms with Crippen LogP contribution in [0.5, 0.6) is 5.75 Å². The second kappa shape index (κ2) is 7.89. The van der Waals surface area contributed by atoms with Crippen molar-refractivity contribution in [3.8, 4) is 5.75 Å². The van der Waals surface area contributed by atoms with Crippen molar-refractivity contribution in [3.63, 3.8) is 0 Å². The zero-order valence-corrected chi connectivity index (χ0v) is 15.1. The third kappa shape index (κ3) is 4.52. The van der Waals surface area contributed by atoms with E-state index in [0.29, 0.717) is 4.90 Å². The summed E-state index contributed by atoms with van der Waals surface area (Å²) in [6.07, 6.45) is 3.90. The van der Waals surface area contributed by atoms with Crippen molar-refractivity contribution in [1.29, 1.82) is 0 Å². The smallest absolute Gasteiger partial charge is 0.240 e. The van der Waals surface area contributed by atoms with E-state index in [-0.39, 0.29) is 12.1 Å². The highest BCUT2D eigenvalue weighted by Gasteiger charge is 2.29. The Morgan fingerprint density at radius 2 is 1.56 bits per heavy atom. The summed E-state index contributed by atoms with van der Waals surface area (Å²) in [7, 11) is -1.87. The van der Waals surface area contributed by atoms with E-state index < -0.39 is 10.0 Å². The number of anilines is 1. The number of methoxy groups -OCH3 is 1. The van der Waals surface area contributed by atoms with E-state index in [1.165, 1.54) is 0 Å². The van der Waals surface area contributed by atoms with Crippen LogP contribution >= 0.6 is 0 Å². The van der Waals surface area contributed by atoms with Crippen molar-refractivity contribution in [3.05, 3.63) is 54.6 Å². The average molecular weight is 360 g/mol. The van der Waals surface area contributed by atoms with E-state index in [0.717, 1.165) is 37.1 Å². The molecule has 25 heavy (non-hydrogen) atoms. The molecule has 1 fully saturated rings. The molecule has 0 aromatic heterocycles. The molecule has 0 radical (unpaired) electrons. The van der Waals surface area contributed by atoms with Gasteiger partial charge in [0, 0.05) is 17.8 Å². The van der Waals surface area contributed by atoms with Crippen LogP contribution in [0, 0.1) is 0 Å². The quantitative estimate of drug-likeness (QED) is 0.828. The van der Waals surface area contributed by atoms with Crippen LogP contribution in [-0.4, -0.2) is 27.6 Å². The van der Waals surface area contributed by atoms with Crippen LogP contribution in [0.3, 0.4) is 0 Å². The van der Waals surface area contributed by atoms with Gasteiger partial charge in [0.1, 0.15) is 5.75 Å². The lowest BCUT2D eigenvalue weighted by molar-refractivity contribution is 0.378. The van der Waals surface area contributed by atoms with Crippen LogP contribution < -0.4 is 14.8 Å². The molecule has 6 heteroatoms. The first kappa shape index (κ1) is 17.8. The van der Waals surface area contributed by atoms with Gasteiger partial charge < -0.3 is 10.1 Å². The average Bonchev–Trinajstić information content (AvgIpc) is 2.64. The zero-order chi connectivity index (χ0) is 17.7. The van der Waals surface area contributed by atoms with E-state index in [1.807, 2.05) is 30.3 Å². The Bertz CT molecular complexity index is 776. The number of rotatable bonds is 6. The predicted octanol–water partition coefficient (Wildman–Crippen LogP) is 3.40. The van der Waals surface area contributed by atoms with Crippen LogP contribution in [0.15, 0.2) is 59.5 Å². The molecule has 2 aromatic rings. The molecule has 0 unspecified atom stereocenters. The van der Waals surface area contributed by atoms with E-state index >= 15 is 0 Å². The molecule has 3 rings (SSSR count). The molecule has 2 atom stereocenters. The fourth-order valence-corrected chi connectivity index (χ4v) is 4.55. The standard InChI is InChI=1S/C19H24N2O3S/c1-24-16-13-11-15(12-14-16)20-18-9-5-6-10-19(18)21-25(22,23)17-7-3-2-4-8-17/h2-4,7-8,11-14,18-21H,5-6,9-10H2,1H3/t18-,19+/m1/s1. The SMILES string of the molecule is COc1ccc(N[C@@H]2CCCC[C@@H]2NS(=O)(=O)c2ccccc2)cc1. The van der Waals surface area contributed by atoms with Crippen molar-refractivity contribution in [2.45, 2.75) is 42.7 Å². The molecule has 5 nitrogen and oxygen atoms in total. The number of hydrogen-bond donors (Lipinski definition) is 2. The van der Waals surface area contributed by atoms with Crippen LogP contribution in [-0.2, 0) is 10.0 Å². The third-order valence-electron chi connectivity index (χ3n) is 4.57. The topological polar surface area (TPSA) is 67.4 Å². The molecule has 0 saturated heterocycles.